The van der Waals surface area contributed by atoms with Crippen molar-refractivity contribution in [1.82, 2.24) is 9.97 Å². The van der Waals surface area contributed by atoms with Crippen molar-refractivity contribution in [3.05, 3.63) is 29.0 Å². The number of rotatable bonds is 3. The summed E-state index contributed by atoms with van der Waals surface area (Å²) in [5.74, 6) is 0.673. The molecule has 1 aliphatic heterocycles. The standard InChI is InChI=1S/C16H21BN2O3S/c1-10-7-19-14(23-10)20-13-9-18-8-12(11(13)2)17-21-15(3,4)16(5,6)22-17/h7-9H,1-6H3. The van der Waals surface area contributed by atoms with Gasteiger partial charge in [0.2, 0.25) is 0 Å². The van der Waals surface area contributed by atoms with E-state index in [1.807, 2.05) is 41.5 Å². The molecule has 7 heteroatoms. The first-order valence-electron chi connectivity index (χ1n) is 7.60. The average molecular weight is 332 g/mol. The lowest BCUT2D eigenvalue weighted by Crippen LogP contribution is -2.41. The summed E-state index contributed by atoms with van der Waals surface area (Å²) in [6.07, 6.45) is 5.26. The van der Waals surface area contributed by atoms with E-state index in [0.29, 0.717) is 10.9 Å². The highest BCUT2D eigenvalue weighted by molar-refractivity contribution is 7.13. The summed E-state index contributed by atoms with van der Waals surface area (Å²) in [5, 5.41) is 0.610. The Bertz CT molecular complexity index is 714. The predicted molar refractivity (Wildman–Crippen MR) is 91.6 cm³/mol. The van der Waals surface area contributed by atoms with Gasteiger partial charge >= 0.3 is 7.12 Å². The van der Waals surface area contributed by atoms with Gasteiger partial charge in [0.05, 0.1) is 17.4 Å². The van der Waals surface area contributed by atoms with Crippen LogP contribution in [-0.4, -0.2) is 28.3 Å². The van der Waals surface area contributed by atoms with Crippen molar-refractivity contribution in [3.8, 4) is 10.9 Å². The van der Waals surface area contributed by atoms with Crippen molar-refractivity contribution in [3.63, 3.8) is 0 Å². The molecule has 2 aromatic rings. The summed E-state index contributed by atoms with van der Waals surface area (Å²) in [6, 6.07) is 0. The van der Waals surface area contributed by atoms with Crippen molar-refractivity contribution >= 4 is 23.9 Å². The summed E-state index contributed by atoms with van der Waals surface area (Å²) in [4.78, 5) is 9.62. The molecule has 0 radical (unpaired) electrons. The van der Waals surface area contributed by atoms with Gasteiger partial charge in [-0.1, -0.05) is 11.3 Å². The summed E-state index contributed by atoms with van der Waals surface area (Å²) in [5.41, 5.74) is 1.07. The second kappa shape index (κ2) is 5.58. The van der Waals surface area contributed by atoms with Crippen LogP contribution in [0.3, 0.4) is 0 Å². The molecular weight excluding hydrogens is 311 g/mol. The Hall–Kier alpha value is -1.44. The molecule has 0 N–H and O–H groups in total. The molecule has 3 heterocycles. The zero-order valence-corrected chi connectivity index (χ0v) is 15.2. The number of aryl methyl sites for hydroxylation is 1. The maximum absolute atomic E-state index is 6.11. The van der Waals surface area contributed by atoms with Crippen LogP contribution in [-0.2, 0) is 9.31 Å². The van der Waals surface area contributed by atoms with Gasteiger partial charge in [0.25, 0.3) is 5.19 Å². The molecule has 0 aliphatic carbocycles. The van der Waals surface area contributed by atoms with E-state index in [9.17, 15) is 0 Å². The third-order valence-corrected chi connectivity index (χ3v) is 5.30. The summed E-state index contributed by atoms with van der Waals surface area (Å²) in [6.45, 7) is 12.1. The summed E-state index contributed by atoms with van der Waals surface area (Å²) < 4.78 is 18.1. The average Bonchev–Trinajstić information content (AvgIpc) is 2.93. The highest BCUT2D eigenvalue weighted by Crippen LogP contribution is 2.37. The topological polar surface area (TPSA) is 53.5 Å². The molecule has 0 aromatic carbocycles. The molecule has 0 bridgehead atoms. The van der Waals surface area contributed by atoms with Crippen LogP contribution in [0.5, 0.6) is 10.9 Å². The largest absolute Gasteiger partial charge is 0.496 e. The van der Waals surface area contributed by atoms with Crippen LogP contribution in [0.4, 0.5) is 0 Å². The van der Waals surface area contributed by atoms with Crippen LogP contribution in [0, 0.1) is 13.8 Å². The third kappa shape index (κ3) is 3.01. The lowest BCUT2D eigenvalue weighted by atomic mass is 9.77. The molecule has 3 rings (SSSR count). The minimum absolute atomic E-state index is 0.382. The molecule has 1 aliphatic rings. The van der Waals surface area contributed by atoms with Gasteiger partial charge in [-0.2, -0.15) is 0 Å². The van der Waals surface area contributed by atoms with Gasteiger partial charge in [0.15, 0.2) is 5.75 Å². The monoisotopic (exact) mass is 332 g/mol. The van der Waals surface area contributed by atoms with Gasteiger partial charge < -0.3 is 14.0 Å². The Morgan fingerprint density at radius 2 is 1.70 bits per heavy atom. The fourth-order valence-electron chi connectivity index (χ4n) is 2.31. The second-order valence-corrected chi connectivity index (χ2v) is 7.98. The number of thiazole rings is 1. The second-order valence-electron chi connectivity index (χ2n) is 6.78. The van der Waals surface area contributed by atoms with E-state index in [0.717, 1.165) is 15.9 Å². The molecule has 0 saturated carbocycles. The van der Waals surface area contributed by atoms with Gasteiger partial charge in [-0.05, 0) is 47.1 Å². The maximum Gasteiger partial charge on any atom is 0.496 e. The molecule has 0 spiro atoms. The van der Waals surface area contributed by atoms with Crippen LogP contribution in [0.1, 0.15) is 38.1 Å². The number of ether oxygens (including phenoxy) is 1. The van der Waals surface area contributed by atoms with Crippen LogP contribution < -0.4 is 10.2 Å². The van der Waals surface area contributed by atoms with Crippen molar-refractivity contribution in [2.24, 2.45) is 0 Å². The number of nitrogens with zero attached hydrogens (tertiary/aromatic N) is 2. The zero-order valence-electron chi connectivity index (χ0n) is 14.3. The smallest absolute Gasteiger partial charge is 0.429 e. The van der Waals surface area contributed by atoms with Crippen LogP contribution >= 0.6 is 11.3 Å². The Labute approximate surface area is 141 Å². The van der Waals surface area contributed by atoms with E-state index in [2.05, 4.69) is 9.97 Å². The minimum Gasteiger partial charge on any atom is -0.429 e. The van der Waals surface area contributed by atoms with E-state index >= 15 is 0 Å². The molecule has 1 saturated heterocycles. The van der Waals surface area contributed by atoms with E-state index in [1.54, 1.807) is 18.6 Å². The maximum atomic E-state index is 6.11. The normalized spacial score (nSPS) is 19.1. The summed E-state index contributed by atoms with van der Waals surface area (Å²) in [7, 11) is -0.450. The van der Waals surface area contributed by atoms with Crippen LogP contribution in [0.15, 0.2) is 18.6 Å². The van der Waals surface area contributed by atoms with E-state index in [4.69, 9.17) is 14.0 Å². The third-order valence-electron chi connectivity index (χ3n) is 4.51. The van der Waals surface area contributed by atoms with Gasteiger partial charge in [-0.25, -0.2) is 4.98 Å². The number of aromatic nitrogens is 2. The fraction of sp³-hybridized carbons (Fsp3) is 0.500. The van der Waals surface area contributed by atoms with Crippen LogP contribution in [0.2, 0.25) is 0 Å². The van der Waals surface area contributed by atoms with Gasteiger partial charge in [-0.3, -0.25) is 4.98 Å². The Morgan fingerprint density at radius 3 is 2.26 bits per heavy atom. The van der Waals surface area contributed by atoms with E-state index < -0.39 is 7.12 Å². The fourth-order valence-corrected chi connectivity index (χ4v) is 2.92. The molecule has 0 amide bonds. The predicted octanol–water partition coefficient (Wildman–Crippen LogP) is 3.25. The van der Waals surface area contributed by atoms with Crippen LogP contribution in [0.25, 0.3) is 0 Å². The van der Waals surface area contributed by atoms with Gasteiger partial charge in [0, 0.05) is 22.7 Å². The lowest BCUT2D eigenvalue weighted by Gasteiger charge is -2.32. The molecule has 0 atom stereocenters. The first-order chi connectivity index (χ1) is 10.7. The molecule has 0 unspecified atom stereocenters. The molecule has 1 fully saturated rings. The van der Waals surface area contributed by atoms with Crippen molar-refractivity contribution in [2.75, 3.05) is 0 Å². The lowest BCUT2D eigenvalue weighted by molar-refractivity contribution is 0.00578. The van der Waals surface area contributed by atoms with Gasteiger partial charge in [-0.15, -0.1) is 0 Å². The Kier molecular flexibility index (Phi) is 3.98. The Morgan fingerprint density at radius 1 is 1.04 bits per heavy atom. The van der Waals surface area contributed by atoms with Crippen molar-refractivity contribution < 1.29 is 14.0 Å². The summed E-state index contributed by atoms with van der Waals surface area (Å²) >= 11 is 1.51. The molecule has 5 nitrogen and oxygen atoms in total. The van der Waals surface area contributed by atoms with E-state index in [1.165, 1.54) is 11.3 Å². The molecular formula is C16H21BN2O3S. The minimum atomic E-state index is -0.450. The highest BCUT2D eigenvalue weighted by Gasteiger charge is 2.52. The quantitative estimate of drug-likeness (QED) is 0.808. The van der Waals surface area contributed by atoms with Crippen molar-refractivity contribution in [1.29, 1.82) is 0 Å². The Balaban J connectivity index is 1.89. The van der Waals surface area contributed by atoms with Gasteiger partial charge in [0.1, 0.15) is 0 Å². The zero-order chi connectivity index (χ0) is 16.8. The number of hydrogen-bond acceptors (Lipinski definition) is 6. The van der Waals surface area contributed by atoms with E-state index in [-0.39, 0.29) is 11.2 Å². The molecule has 23 heavy (non-hydrogen) atoms. The van der Waals surface area contributed by atoms with Crippen molar-refractivity contribution in [2.45, 2.75) is 52.7 Å². The first kappa shape index (κ1) is 16.4. The molecule has 122 valence electrons. The SMILES string of the molecule is Cc1cnc(Oc2cncc(B3OC(C)(C)C(C)(C)O3)c2C)s1. The molecule has 2 aromatic heterocycles. The number of hydrogen-bond donors (Lipinski definition) is 0. The first-order valence-corrected chi connectivity index (χ1v) is 8.42. The number of pyridine rings is 1. The highest BCUT2D eigenvalue weighted by atomic mass is 32.1.